The third kappa shape index (κ3) is 3.87. The Balaban J connectivity index is 1.67. The normalized spacial score (nSPS) is 15.2. The van der Waals surface area contributed by atoms with Crippen LogP contribution in [0.5, 0.6) is 0 Å². The smallest absolute Gasteiger partial charge is 0.354 e. The quantitative estimate of drug-likeness (QED) is 0.913. The van der Waals surface area contributed by atoms with Crippen molar-refractivity contribution in [1.82, 2.24) is 15.0 Å². The number of carboxylic acids is 1. The van der Waals surface area contributed by atoms with E-state index in [4.69, 9.17) is 5.11 Å². The van der Waals surface area contributed by atoms with Gasteiger partial charge in [0.2, 0.25) is 0 Å². The molecule has 132 valence electrons. The van der Waals surface area contributed by atoms with Gasteiger partial charge >= 0.3 is 5.97 Å². The molecule has 2 aromatic heterocycles. The summed E-state index contributed by atoms with van der Waals surface area (Å²) in [4.78, 5) is 28.6. The van der Waals surface area contributed by atoms with E-state index in [1.54, 1.807) is 6.07 Å². The number of hydrogen-bond acceptors (Lipinski definition) is 6. The van der Waals surface area contributed by atoms with Crippen LogP contribution in [-0.4, -0.2) is 52.2 Å². The summed E-state index contributed by atoms with van der Waals surface area (Å²) in [5.41, 5.74) is 1.06. The largest absolute Gasteiger partial charge is 0.477 e. The summed E-state index contributed by atoms with van der Waals surface area (Å²) in [6.45, 7) is 5.71. The van der Waals surface area contributed by atoms with Crippen molar-refractivity contribution < 1.29 is 9.90 Å². The predicted octanol–water partition coefficient (Wildman–Crippen LogP) is 2.29. The Labute approximate surface area is 147 Å². The molecule has 3 heterocycles. The zero-order chi connectivity index (χ0) is 18.0. The number of piperidine rings is 1. The molecule has 0 spiro atoms. The van der Waals surface area contributed by atoms with Crippen molar-refractivity contribution in [3.05, 3.63) is 41.5 Å². The molecular weight excluding hydrogens is 318 g/mol. The number of carbonyl (C=O) groups is 1. The predicted molar refractivity (Wildman–Crippen MR) is 96.3 cm³/mol. The summed E-state index contributed by atoms with van der Waals surface area (Å²) < 4.78 is 0. The van der Waals surface area contributed by atoms with Crippen LogP contribution in [0.1, 0.15) is 34.8 Å². The lowest BCUT2D eigenvalue weighted by Crippen LogP contribution is -2.44. The number of hydrogen-bond donors (Lipinski definition) is 1. The number of rotatable bonds is 4. The van der Waals surface area contributed by atoms with E-state index in [2.05, 4.69) is 24.8 Å². The highest BCUT2D eigenvalue weighted by Gasteiger charge is 2.24. The number of pyridine rings is 1. The summed E-state index contributed by atoms with van der Waals surface area (Å²) >= 11 is 0. The van der Waals surface area contributed by atoms with Gasteiger partial charge in [0.25, 0.3) is 0 Å². The SMILES string of the molecule is Cc1cc(N2CCC(N(C)c3cccc(C(=O)O)n3)CC2)nc(C)n1. The lowest BCUT2D eigenvalue weighted by Gasteiger charge is -2.38. The van der Waals surface area contributed by atoms with Crippen LogP contribution in [0.15, 0.2) is 24.3 Å². The number of aryl methyl sites for hydroxylation is 2. The Hall–Kier alpha value is -2.70. The van der Waals surface area contributed by atoms with Gasteiger partial charge in [-0.15, -0.1) is 0 Å². The van der Waals surface area contributed by atoms with Crippen molar-refractivity contribution in [3.63, 3.8) is 0 Å². The van der Waals surface area contributed by atoms with Gasteiger partial charge in [0.15, 0.2) is 5.69 Å². The van der Waals surface area contributed by atoms with Crippen molar-refractivity contribution >= 4 is 17.6 Å². The Bertz CT molecular complexity index is 752. The minimum absolute atomic E-state index is 0.0775. The van der Waals surface area contributed by atoms with Crippen molar-refractivity contribution in [2.24, 2.45) is 0 Å². The van der Waals surface area contributed by atoms with Gasteiger partial charge in [0.05, 0.1) is 0 Å². The second-order valence-electron chi connectivity index (χ2n) is 6.43. The first-order valence-electron chi connectivity index (χ1n) is 8.44. The molecule has 3 rings (SSSR count). The summed E-state index contributed by atoms with van der Waals surface area (Å²) in [5.74, 6) is 1.48. The van der Waals surface area contributed by atoms with E-state index in [1.807, 2.05) is 33.0 Å². The van der Waals surface area contributed by atoms with Crippen molar-refractivity contribution in [2.45, 2.75) is 32.7 Å². The van der Waals surface area contributed by atoms with E-state index in [0.29, 0.717) is 11.9 Å². The number of aromatic carboxylic acids is 1. The summed E-state index contributed by atoms with van der Waals surface area (Å²) in [6, 6.07) is 7.47. The maximum Gasteiger partial charge on any atom is 0.354 e. The van der Waals surface area contributed by atoms with Crippen LogP contribution in [0.25, 0.3) is 0 Å². The lowest BCUT2D eigenvalue weighted by atomic mass is 10.0. The number of anilines is 2. The first-order chi connectivity index (χ1) is 11.9. The van der Waals surface area contributed by atoms with E-state index in [1.165, 1.54) is 6.07 Å². The Morgan fingerprint density at radius 1 is 1.20 bits per heavy atom. The van der Waals surface area contributed by atoms with Crippen molar-refractivity contribution in [3.8, 4) is 0 Å². The van der Waals surface area contributed by atoms with Crippen LogP contribution < -0.4 is 9.80 Å². The maximum atomic E-state index is 11.1. The summed E-state index contributed by atoms with van der Waals surface area (Å²) in [7, 11) is 1.98. The average molecular weight is 341 g/mol. The van der Waals surface area contributed by atoms with E-state index >= 15 is 0 Å². The van der Waals surface area contributed by atoms with Gasteiger partial charge in [0, 0.05) is 37.9 Å². The van der Waals surface area contributed by atoms with E-state index < -0.39 is 5.97 Å². The monoisotopic (exact) mass is 341 g/mol. The van der Waals surface area contributed by atoms with Crippen LogP contribution in [0.2, 0.25) is 0 Å². The van der Waals surface area contributed by atoms with Gasteiger partial charge in [-0.25, -0.2) is 19.7 Å². The van der Waals surface area contributed by atoms with Crippen LogP contribution >= 0.6 is 0 Å². The zero-order valence-corrected chi connectivity index (χ0v) is 14.8. The molecule has 2 aromatic rings. The molecule has 0 saturated carbocycles. The number of carboxylic acid groups (broad SMARTS) is 1. The molecule has 7 heteroatoms. The molecule has 0 atom stereocenters. The molecule has 25 heavy (non-hydrogen) atoms. The average Bonchev–Trinajstić information content (AvgIpc) is 2.60. The van der Waals surface area contributed by atoms with Gasteiger partial charge < -0.3 is 14.9 Å². The first kappa shape index (κ1) is 17.1. The van der Waals surface area contributed by atoms with Gasteiger partial charge in [0.1, 0.15) is 17.5 Å². The molecule has 1 aliphatic heterocycles. The highest BCUT2D eigenvalue weighted by Crippen LogP contribution is 2.24. The molecule has 0 unspecified atom stereocenters. The first-order valence-corrected chi connectivity index (χ1v) is 8.44. The lowest BCUT2D eigenvalue weighted by molar-refractivity contribution is 0.0690. The Morgan fingerprint density at radius 2 is 1.92 bits per heavy atom. The van der Waals surface area contributed by atoms with Gasteiger partial charge in [-0.2, -0.15) is 0 Å². The van der Waals surface area contributed by atoms with Crippen molar-refractivity contribution in [1.29, 1.82) is 0 Å². The molecule has 0 amide bonds. The standard InChI is InChI=1S/C18H23N5O2/c1-12-11-17(20-13(2)19-12)23-9-7-14(8-10-23)22(3)16-6-4-5-15(21-16)18(24)25/h4-6,11,14H,7-10H2,1-3H3,(H,24,25). The fourth-order valence-corrected chi connectivity index (χ4v) is 3.27. The van der Waals surface area contributed by atoms with E-state index in [0.717, 1.165) is 43.3 Å². The molecule has 0 bridgehead atoms. The topological polar surface area (TPSA) is 82.5 Å². The number of nitrogens with zero attached hydrogens (tertiary/aromatic N) is 5. The Kier molecular flexibility index (Phi) is 4.83. The second kappa shape index (κ2) is 7.04. The van der Waals surface area contributed by atoms with E-state index in [-0.39, 0.29) is 5.69 Å². The van der Waals surface area contributed by atoms with Crippen LogP contribution in [0.4, 0.5) is 11.6 Å². The molecule has 0 aromatic carbocycles. The van der Waals surface area contributed by atoms with E-state index in [9.17, 15) is 4.79 Å². The summed E-state index contributed by atoms with van der Waals surface area (Å²) in [5, 5.41) is 9.11. The fourth-order valence-electron chi connectivity index (χ4n) is 3.27. The van der Waals surface area contributed by atoms with Crippen LogP contribution in [-0.2, 0) is 0 Å². The summed E-state index contributed by atoms with van der Waals surface area (Å²) in [6.07, 6.45) is 1.94. The third-order valence-electron chi connectivity index (χ3n) is 4.60. The molecular formula is C18H23N5O2. The Morgan fingerprint density at radius 3 is 2.56 bits per heavy atom. The fraction of sp³-hybridized carbons (Fsp3) is 0.444. The minimum Gasteiger partial charge on any atom is -0.477 e. The second-order valence-corrected chi connectivity index (χ2v) is 6.43. The number of aromatic nitrogens is 3. The van der Waals surface area contributed by atoms with Crippen molar-refractivity contribution in [2.75, 3.05) is 29.9 Å². The molecule has 0 radical (unpaired) electrons. The minimum atomic E-state index is -1.00. The maximum absolute atomic E-state index is 11.1. The van der Waals surface area contributed by atoms with Gasteiger partial charge in [-0.1, -0.05) is 6.07 Å². The molecule has 1 saturated heterocycles. The van der Waals surface area contributed by atoms with Crippen LogP contribution in [0.3, 0.4) is 0 Å². The van der Waals surface area contributed by atoms with Gasteiger partial charge in [-0.3, -0.25) is 0 Å². The third-order valence-corrected chi connectivity index (χ3v) is 4.60. The molecule has 1 fully saturated rings. The highest BCUT2D eigenvalue weighted by molar-refractivity contribution is 5.85. The van der Waals surface area contributed by atoms with Gasteiger partial charge in [-0.05, 0) is 38.8 Å². The molecule has 0 aliphatic carbocycles. The zero-order valence-electron chi connectivity index (χ0n) is 14.8. The highest BCUT2D eigenvalue weighted by atomic mass is 16.4. The molecule has 1 N–H and O–H groups in total. The van der Waals surface area contributed by atoms with Crippen LogP contribution in [0, 0.1) is 13.8 Å². The molecule has 1 aliphatic rings. The molecule has 7 nitrogen and oxygen atoms in total.